The van der Waals surface area contributed by atoms with Gasteiger partial charge in [0.2, 0.25) is 0 Å². The van der Waals surface area contributed by atoms with E-state index in [1.807, 2.05) is 6.92 Å². The van der Waals surface area contributed by atoms with Crippen LogP contribution in [0.2, 0.25) is 10.0 Å². The first-order chi connectivity index (χ1) is 8.13. The summed E-state index contributed by atoms with van der Waals surface area (Å²) in [6.45, 7) is 2.75. The molecule has 7 heteroatoms. The maximum absolute atomic E-state index is 6.13. The van der Waals surface area contributed by atoms with E-state index >= 15 is 0 Å². The van der Waals surface area contributed by atoms with Crippen LogP contribution in [0, 0.1) is 0 Å². The Morgan fingerprint density at radius 2 is 2.12 bits per heavy atom. The van der Waals surface area contributed by atoms with Gasteiger partial charge in [0.15, 0.2) is 5.82 Å². The molecule has 17 heavy (non-hydrogen) atoms. The van der Waals surface area contributed by atoms with Crippen LogP contribution in [-0.4, -0.2) is 20.2 Å². The normalized spacial score (nSPS) is 10.8. The van der Waals surface area contributed by atoms with Crippen LogP contribution in [0.25, 0.3) is 11.4 Å². The number of tetrazole rings is 1. The summed E-state index contributed by atoms with van der Waals surface area (Å²) in [5.74, 6) is 0.575. The van der Waals surface area contributed by atoms with E-state index in [-0.39, 0.29) is 0 Å². The van der Waals surface area contributed by atoms with E-state index in [4.69, 9.17) is 28.9 Å². The average Bonchev–Trinajstić information content (AvgIpc) is 2.72. The lowest BCUT2D eigenvalue weighted by Gasteiger charge is -2.07. The van der Waals surface area contributed by atoms with Crippen molar-refractivity contribution in [3.05, 3.63) is 22.2 Å². The lowest BCUT2D eigenvalue weighted by atomic mass is 10.2. The first-order valence-corrected chi connectivity index (χ1v) is 5.90. The van der Waals surface area contributed by atoms with Crippen molar-refractivity contribution in [2.24, 2.45) is 0 Å². The number of rotatable bonds is 3. The maximum Gasteiger partial charge on any atom is 0.183 e. The first kappa shape index (κ1) is 12.1. The number of hydrogen-bond acceptors (Lipinski definition) is 4. The molecule has 1 aromatic carbocycles. The Bertz CT molecular complexity index is 537. The van der Waals surface area contributed by atoms with Crippen molar-refractivity contribution in [3.8, 4) is 11.4 Å². The van der Waals surface area contributed by atoms with Crippen molar-refractivity contribution in [1.29, 1.82) is 0 Å². The van der Waals surface area contributed by atoms with E-state index < -0.39 is 0 Å². The second-order valence-electron chi connectivity index (χ2n) is 3.59. The molecular weight excluding hydrogens is 261 g/mol. The molecule has 5 nitrogen and oxygen atoms in total. The molecule has 0 spiro atoms. The summed E-state index contributed by atoms with van der Waals surface area (Å²) in [5.41, 5.74) is 6.91. The molecule has 1 heterocycles. The number of nitrogens with zero attached hydrogens (tertiary/aromatic N) is 4. The fraction of sp³-hybridized carbons (Fsp3) is 0.300. The van der Waals surface area contributed by atoms with Crippen LogP contribution in [-0.2, 0) is 6.54 Å². The second kappa shape index (κ2) is 4.89. The summed E-state index contributed by atoms with van der Waals surface area (Å²) in [7, 11) is 0. The number of nitrogens with two attached hydrogens (primary N) is 1. The smallest absolute Gasteiger partial charge is 0.183 e. The maximum atomic E-state index is 6.13. The van der Waals surface area contributed by atoms with Crippen molar-refractivity contribution in [2.75, 3.05) is 5.73 Å². The predicted octanol–water partition coefficient (Wildman–Crippen LogP) is 2.64. The number of benzene rings is 1. The molecule has 0 saturated carbocycles. The van der Waals surface area contributed by atoms with Crippen molar-refractivity contribution >= 4 is 28.9 Å². The molecule has 2 N–H and O–H groups in total. The summed E-state index contributed by atoms with van der Waals surface area (Å²) in [4.78, 5) is 0. The minimum atomic E-state index is 0.396. The Morgan fingerprint density at radius 1 is 1.35 bits per heavy atom. The van der Waals surface area contributed by atoms with Gasteiger partial charge >= 0.3 is 0 Å². The summed E-state index contributed by atoms with van der Waals surface area (Å²) in [5, 5.41) is 12.3. The van der Waals surface area contributed by atoms with E-state index in [1.165, 1.54) is 0 Å². The molecule has 0 fully saturated rings. The number of nitrogen functional groups attached to an aromatic ring is 1. The van der Waals surface area contributed by atoms with Crippen molar-refractivity contribution < 1.29 is 0 Å². The van der Waals surface area contributed by atoms with Gasteiger partial charge in [0.1, 0.15) is 0 Å². The third-order valence-electron chi connectivity index (χ3n) is 2.26. The van der Waals surface area contributed by atoms with Gasteiger partial charge in [0, 0.05) is 17.8 Å². The van der Waals surface area contributed by atoms with Crippen LogP contribution < -0.4 is 5.73 Å². The van der Waals surface area contributed by atoms with Crippen LogP contribution in [0.15, 0.2) is 12.1 Å². The summed E-state index contributed by atoms with van der Waals surface area (Å²) >= 11 is 12.1. The fourth-order valence-corrected chi connectivity index (χ4v) is 1.95. The molecule has 0 unspecified atom stereocenters. The molecule has 0 radical (unpaired) electrons. The van der Waals surface area contributed by atoms with Gasteiger partial charge in [-0.05, 0) is 29.0 Å². The lowest BCUT2D eigenvalue weighted by Crippen LogP contribution is -2.02. The van der Waals surface area contributed by atoms with Gasteiger partial charge < -0.3 is 5.73 Å². The molecule has 90 valence electrons. The molecule has 0 atom stereocenters. The van der Waals surface area contributed by atoms with E-state index in [9.17, 15) is 0 Å². The van der Waals surface area contributed by atoms with Crippen molar-refractivity contribution in [1.82, 2.24) is 20.2 Å². The molecule has 0 bridgehead atoms. The summed E-state index contributed by atoms with van der Waals surface area (Å²) in [6, 6.07) is 3.31. The molecule has 0 aliphatic heterocycles. The van der Waals surface area contributed by atoms with Crippen LogP contribution in [0.3, 0.4) is 0 Å². The highest BCUT2D eigenvalue weighted by Gasteiger charge is 2.15. The summed E-state index contributed by atoms with van der Waals surface area (Å²) < 4.78 is 1.68. The highest BCUT2D eigenvalue weighted by Crippen LogP contribution is 2.34. The Hall–Kier alpha value is -1.33. The highest BCUT2D eigenvalue weighted by atomic mass is 35.5. The topological polar surface area (TPSA) is 69.6 Å². The molecule has 1 aromatic heterocycles. The number of aromatic nitrogens is 4. The Balaban J connectivity index is 2.56. The Morgan fingerprint density at radius 3 is 2.82 bits per heavy atom. The SMILES string of the molecule is CCCn1nnnc1-c1cc(N)cc(Cl)c1Cl. The van der Waals surface area contributed by atoms with Crippen LogP contribution in [0.5, 0.6) is 0 Å². The van der Waals surface area contributed by atoms with Gasteiger partial charge in [0.05, 0.1) is 10.0 Å². The van der Waals surface area contributed by atoms with Crippen LogP contribution in [0.1, 0.15) is 13.3 Å². The zero-order valence-electron chi connectivity index (χ0n) is 9.19. The van der Waals surface area contributed by atoms with E-state index in [1.54, 1.807) is 16.8 Å². The largest absolute Gasteiger partial charge is 0.399 e. The van der Waals surface area contributed by atoms with Gasteiger partial charge in [-0.1, -0.05) is 30.1 Å². The van der Waals surface area contributed by atoms with E-state index in [0.717, 1.165) is 6.42 Å². The zero-order valence-corrected chi connectivity index (χ0v) is 10.7. The molecule has 0 amide bonds. The van der Waals surface area contributed by atoms with Crippen LogP contribution in [0.4, 0.5) is 5.69 Å². The van der Waals surface area contributed by atoms with Gasteiger partial charge in [-0.2, -0.15) is 0 Å². The molecule has 0 aliphatic carbocycles. The van der Waals surface area contributed by atoms with Gasteiger partial charge in [-0.3, -0.25) is 0 Å². The monoisotopic (exact) mass is 271 g/mol. The van der Waals surface area contributed by atoms with Gasteiger partial charge in [0.25, 0.3) is 0 Å². The predicted molar refractivity (Wildman–Crippen MR) is 68.0 cm³/mol. The van der Waals surface area contributed by atoms with E-state index in [2.05, 4.69) is 15.5 Å². The Kier molecular flexibility index (Phi) is 3.49. The highest BCUT2D eigenvalue weighted by molar-refractivity contribution is 6.43. The minimum absolute atomic E-state index is 0.396. The molecular formula is C10H11Cl2N5. The van der Waals surface area contributed by atoms with Gasteiger partial charge in [-0.25, -0.2) is 4.68 Å². The Labute approximate surface area is 109 Å². The molecule has 2 aromatic rings. The number of halogens is 2. The lowest BCUT2D eigenvalue weighted by molar-refractivity contribution is 0.583. The second-order valence-corrected chi connectivity index (χ2v) is 4.38. The third kappa shape index (κ3) is 2.35. The van der Waals surface area contributed by atoms with Gasteiger partial charge in [-0.15, -0.1) is 5.10 Å². The number of anilines is 1. The number of hydrogen-bond donors (Lipinski definition) is 1. The van der Waals surface area contributed by atoms with Crippen LogP contribution >= 0.6 is 23.2 Å². The first-order valence-electron chi connectivity index (χ1n) is 5.14. The zero-order chi connectivity index (χ0) is 12.4. The summed E-state index contributed by atoms with van der Waals surface area (Å²) in [6.07, 6.45) is 0.922. The minimum Gasteiger partial charge on any atom is -0.399 e. The average molecular weight is 272 g/mol. The quantitative estimate of drug-likeness (QED) is 0.872. The number of aryl methyl sites for hydroxylation is 1. The third-order valence-corrected chi connectivity index (χ3v) is 3.06. The van der Waals surface area contributed by atoms with E-state index in [0.29, 0.717) is 33.7 Å². The molecule has 0 saturated heterocycles. The van der Waals surface area contributed by atoms with Crippen molar-refractivity contribution in [3.63, 3.8) is 0 Å². The standard InChI is InChI=1S/C10H11Cl2N5/c1-2-3-17-10(14-15-16-17)7-4-6(13)5-8(11)9(7)12/h4-5H,2-3,13H2,1H3. The van der Waals surface area contributed by atoms with Crippen molar-refractivity contribution in [2.45, 2.75) is 19.9 Å². The molecule has 0 aliphatic rings. The molecule has 2 rings (SSSR count). The fourth-order valence-electron chi connectivity index (χ4n) is 1.53.